The molecule has 2 aromatic rings. The number of nitrogens with one attached hydrogen (secondary N) is 1. The molecule has 2 heterocycles. The average molecular weight is 434 g/mol. The summed E-state index contributed by atoms with van der Waals surface area (Å²) < 4.78 is 34.5. The Kier molecular flexibility index (Phi) is 8.00. The first-order chi connectivity index (χ1) is 14.9. The van der Waals surface area contributed by atoms with E-state index in [9.17, 15) is 8.78 Å². The summed E-state index contributed by atoms with van der Waals surface area (Å²) in [5.74, 6) is 1.82. The molecule has 0 amide bonds. The number of aromatic nitrogens is 1. The van der Waals surface area contributed by atoms with E-state index < -0.39 is 6.61 Å². The normalized spacial score (nSPS) is 17.0. The van der Waals surface area contributed by atoms with Gasteiger partial charge in [-0.15, -0.1) is 0 Å². The molecule has 168 valence electrons. The Bertz CT molecular complexity index is 846. The van der Waals surface area contributed by atoms with Crippen molar-refractivity contribution >= 4 is 11.8 Å². The Labute approximate surface area is 181 Å². The van der Waals surface area contributed by atoms with Gasteiger partial charge < -0.3 is 24.6 Å². The second-order valence-corrected chi connectivity index (χ2v) is 7.43. The highest BCUT2D eigenvalue weighted by Gasteiger charge is 2.17. The molecule has 1 unspecified atom stereocenters. The molecule has 1 atom stereocenters. The van der Waals surface area contributed by atoms with Crippen LogP contribution in [0.2, 0.25) is 0 Å². The predicted octanol–water partition coefficient (Wildman–Crippen LogP) is 3.12. The van der Waals surface area contributed by atoms with Crippen LogP contribution in [0.1, 0.15) is 18.1 Å². The molecule has 7 nitrogen and oxygen atoms in total. The molecule has 1 N–H and O–H groups in total. The van der Waals surface area contributed by atoms with Crippen LogP contribution in [-0.2, 0) is 17.8 Å². The monoisotopic (exact) mass is 433 g/mol. The first kappa shape index (κ1) is 22.7. The molecule has 1 aliphatic rings. The number of rotatable bonds is 7. The number of hydrogen-bond donors (Lipinski definition) is 1. The van der Waals surface area contributed by atoms with Crippen molar-refractivity contribution in [1.29, 1.82) is 0 Å². The van der Waals surface area contributed by atoms with E-state index in [1.54, 1.807) is 19.2 Å². The van der Waals surface area contributed by atoms with Crippen molar-refractivity contribution in [2.75, 3.05) is 38.7 Å². The lowest BCUT2D eigenvalue weighted by molar-refractivity contribution is -0.0498. The molecule has 0 aliphatic carbocycles. The number of aliphatic imine (C=N–C) groups is 1. The van der Waals surface area contributed by atoms with Gasteiger partial charge in [-0.25, -0.2) is 4.98 Å². The summed E-state index contributed by atoms with van der Waals surface area (Å²) in [6.07, 6.45) is 2.08. The fraction of sp³-hybridized carbons (Fsp3) is 0.455. The molecule has 1 aromatic heterocycles. The van der Waals surface area contributed by atoms with E-state index in [2.05, 4.69) is 37.9 Å². The van der Waals surface area contributed by atoms with E-state index in [0.717, 1.165) is 42.6 Å². The molecule has 31 heavy (non-hydrogen) atoms. The van der Waals surface area contributed by atoms with Gasteiger partial charge in [-0.1, -0.05) is 18.2 Å². The first-order valence-electron chi connectivity index (χ1n) is 10.2. The van der Waals surface area contributed by atoms with Crippen LogP contribution in [0.25, 0.3) is 0 Å². The van der Waals surface area contributed by atoms with E-state index in [0.29, 0.717) is 13.1 Å². The number of benzene rings is 1. The van der Waals surface area contributed by atoms with Gasteiger partial charge >= 0.3 is 6.61 Å². The highest BCUT2D eigenvalue weighted by atomic mass is 19.3. The number of nitrogens with zero attached hydrogens (tertiary/aromatic N) is 4. The van der Waals surface area contributed by atoms with Crippen molar-refractivity contribution in [1.82, 2.24) is 15.2 Å². The zero-order valence-electron chi connectivity index (χ0n) is 18.1. The third-order valence-corrected chi connectivity index (χ3v) is 4.97. The molecule has 0 bridgehead atoms. The third kappa shape index (κ3) is 6.78. The van der Waals surface area contributed by atoms with E-state index in [1.807, 2.05) is 24.2 Å². The molecular weight excluding hydrogens is 404 g/mol. The second kappa shape index (κ2) is 10.9. The first-order valence-corrected chi connectivity index (χ1v) is 10.2. The van der Waals surface area contributed by atoms with Gasteiger partial charge in [0.2, 0.25) is 0 Å². The van der Waals surface area contributed by atoms with Crippen LogP contribution in [0.4, 0.5) is 14.6 Å². The van der Waals surface area contributed by atoms with Crippen molar-refractivity contribution in [3.8, 4) is 5.75 Å². The summed E-state index contributed by atoms with van der Waals surface area (Å²) in [6.45, 7) is 2.82. The van der Waals surface area contributed by atoms with E-state index >= 15 is 0 Å². The molecule has 1 aliphatic heterocycles. The zero-order chi connectivity index (χ0) is 22.2. The largest absolute Gasteiger partial charge is 0.435 e. The molecule has 1 saturated heterocycles. The number of hydrogen-bond acceptors (Lipinski definition) is 5. The van der Waals surface area contributed by atoms with E-state index in [-0.39, 0.29) is 11.9 Å². The molecule has 0 spiro atoms. The zero-order valence-corrected chi connectivity index (χ0v) is 18.1. The second-order valence-electron chi connectivity index (χ2n) is 7.43. The minimum absolute atomic E-state index is 0.145. The molecule has 1 fully saturated rings. The van der Waals surface area contributed by atoms with E-state index in [1.165, 1.54) is 12.1 Å². The highest BCUT2D eigenvalue weighted by molar-refractivity contribution is 5.79. The van der Waals surface area contributed by atoms with Crippen LogP contribution in [0.15, 0.2) is 47.6 Å². The number of alkyl halides is 2. The number of anilines is 1. The standard InChI is InChI=1S/C22H29F2N5O2/c1-16-14-29(10-11-30-16)20-9-6-18(12-26-20)13-27-22(25-2)28(3)15-17-4-7-19(8-5-17)31-21(23)24/h4-9,12,16,21H,10-11,13-15H2,1-3H3,(H,25,27). The maximum Gasteiger partial charge on any atom is 0.387 e. The van der Waals surface area contributed by atoms with Crippen LogP contribution in [0.3, 0.4) is 0 Å². The lowest BCUT2D eigenvalue weighted by Gasteiger charge is -2.32. The molecule has 1 aromatic carbocycles. The van der Waals surface area contributed by atoms with Gasteiger partial charge in [0.05, 0.1) is 12.7 Å². The van der Waals surface area contributed by atoms with Gasteiger partial charge in [-0.2, -0.15) is 8.78 Å². The van der Waals surface area contributed by atoms with Crippen LogP contribution >= 0.6 is 0 Å². The average Bonchev–Trinajstić information content (AvgIpc) is 2.75. The van der Waals surface area contributed by atoms with Crippen molar-refractivity contribution in [2.24, 2.45) is 4.99 Å². The summed E-state index contributed by atoms with van der Waals surface area (Å²) in [5.41, 5.74) is 2.01. The summed E-state index contributed by atoms with van der Waals surface area (Å²) in [5, 5.41) is 3.33. The molecular formula is C22H29F2N5O2. The topological polar surface area (TPSA) is 62.2 Å². The van der Waals surface area contributed by atoms with Crippen LogP contribution in [-0.4, -0.2) is 62.4 Å². The Hall–Kier alpha value is -2.94. The Morgan fingerprint density at radius 3 is 2.65 bits per heavy atom. The molecule has 9 heteroatoms. The third-order valence-electron chi connectivity index (χ3n) is 4.97. The predicted molar refractivity (Wildman–Crippen MR) is 117 cm³/mol. The van der Waals surface area contributed by atoms with Gasteiger partial charge in [0.1, 0.15) is 11.6 Å². The fourth-order valence-corrected chi connectivity index (χ4v) is 3.43. The van der Waals surface area contributed by atoms with Gasteiger partial charge in [0.25, 0.3) is 0 Å². The minimum Gasteiger partial charge on any atom is -0.435 e. The van der Waals surface area contributed by atoms with Crippen LogP contribution in [0.5, 0.6) is 5.75 Å². The summed E-state index contributed by atoms with van der Waals surface area (Å²) in [6, 6.07) is 10.7. The Balaban J connectivity index is 1.51. The van der Waals surface area contributed by atoms with E-state index in [4.69, 9.17) is 4.74 Å². The maximum atomic E-state index is 12.3. The fourth-order valence-electron chi connectivity index (χ4n) is 3.43. The summed E-state index contributed by atoms with van der Waals surface area (Å²) in [7, 11) is 3.64. The Morgan fingerprint density at radius 1 is 1.29 bits per heavy atom. The number of morpholine rings is 1. The number of ether oxygens (including phenoxy) is 2. The summed E-state index contributed by atoms with van der Waals surface area (Å²) >= 11 is 0. The quantitative estimate of drug-likeness (QED) is 0.535. The number of guanidine groups is 1. The Morgan fingerprint density at radius 2 is 2.03 bits per heavy atom. The number of halogens is 2. The van der Waals surface area contributed by atoms with Crippen LogP contribution in [0, 0.1) is 0 Å². The van der Waals surface area contributed by atoms with Crippen LogP contribution < -0.4 is 15.0 Å². The van der Waals surface area contributed by atoms with Crippen molar-refractivity contribution in [3.05, 3.63) is 53.7 Å². The summed E-state index contributed by atoms with van der Waals surface area (Å²) in [4.78, 5) is 13.1. The molecule has 3 rings (SSSR count). The molecule has 0 saturated carbocycles. The smallest absolute Gasteiger partial charge is 0.387 e. The van der Waals surface area contributed by atoms with Gasteiger partial charge in [-0.3, -0.25) is 4.99 Å². The lowest BCUT2D eigenvalue weighted by Crippen LogP contribution is -2.41. The van der Waals surface area contributed by atoms with Crippen molar-refractivity contribution < 1.29 is 18.3 Å². The lowest BCUT2D eigenvalue weighted by atomic mass is 10.2. The number of pyridine rings is 1. The van der Waals surface area contributed by atoms with Gasteiger partial charge in [-0.05, 0) is 36.2 Å². The van der Waals surface area contributed by atoms with Gasteiger partial charge in [0.15, 0.2) is 5.96 Å². The maximum absolute atomic E-state index is 12.3. The van der Waals surface area contributed by atoms with Crippen molar-refractivity contribution in [3.63, 3.8) is 0 Å². The minimum atomic E-state index is -2.82. The SMILES string of the molecule is CN=C(NCc1ccc(N2CCOC(C)C2)nc1)N(C)Cc1ccc(OC(F)F)cc1. The molecule has 0 radical (unpaired) electrons. The van der Waals surface area contributed by atoms with Crippen molar-refractivity contribution in [2.45, 2.75) is 32.7 Å². The van der Waals surface area contributed by atoms with Gasteiger partial charge in [0, 0.05) is 46.5 Å². The highest BCUT2D eigenvalue weighted by Crippen LogP contribution is 2.17.